The molecule has 2 fully saturated rings. The number of ether oxygens (including phenoxy) is 1. The molecule has 7 heteroatoms. The summed E-state index contributed by atoms with van der Waals surface area (Å²) in [6.07, 6.45) is 6.63. The van der Waals surface area contributed by atoms with Gasteiger partial charge in [-0.05, 0) is 64.3 Å². The van der Waals surface area contributed by atoms with Gasteiger partial charge in [-0.15, -0.1) is 10.2 Å². The zero-order valence-electron chi connectivity index (χ0n) is 18.4. The highest BCUT2D eigenvalue weighted by molar-refractivity contribution is 7.99. The molecule has 2 aromatic rings. The molecule has 2 aliphatic heterocycles. The van der Waals surface area contributed by atoms with Crippen molar-refractivity contribution in [2.75, 3.05) is 37.3 Å². The van der Waals surface area contributed by atoms with Gasteiger partial charge < -0.3 is 19.5 Å². The molecule has 1 aromatic carbocycles. The van der Waals surface area contributed by atoms with E-state index in [1.54, 1.807) is 0 Å². The summed E-state index contributed by atoms with van der Waals surface area (Å²) in [5.74, 6) is 2.06. The van der Waals surface area contributed by atoms with Gasteiger partial charge in [0.15, 0.2) is 11.0 Å². The van der Waals surface area contributed by atoms with Gasteiger partial charge in [-0.2, -0.15) is 0 Å². The van der Waals surface area contributed by atoms with Crippen LogP contribution in [0, 0.1) is 13.8 Å². The zero-order chi connectivity index (χ0) is 20.8. The first-order valence-electron chi connectivity index (χ1n) is 11.4. The first-order chi connectivity index (χ1) is 14.7. The van der Waals surface area contributed by atoms with E-state index >= 15 is 0 Å². The van der Waals surface area contributed by atoms with Gasteiger partial charge in [0.1, 0.15) is 0 Å². The molecule has 3 heterocycles. The molecule has 1 aromatic heterocycles. The van der Waals surface area contributed by atoms with E-state index in [0.29, 0.717) is 6.54 Å². The number of nitrogens with one attached hydrogen (secondary N) is 1. The third-order valence-electron chi connectivity index (χ3n) is 6.11. The molecule has 0 saturated carbocycles. The number of aromatic nitrogens is 3. The Morgan fingerprint density at radius 2 is 2.00 bits per heavy atom. The Balaban J connectivity index is 1.40. The Morgan fingerprint density at radius 1 is 1.13 bits per heavy atom. The van der Waals surface area contributed by atoms with Crippen LogP contribution in [0.15, 0.2) is 23.4 Å². The quantitative estimate of drug-likeness (QED) is 0.601. The van der Waals surface area contributed by atoms with Crippen molar-refractivity contribution >= 4 is 17.4 Å². The van der Waals surface area contributed by atoms with E-state index in [9.17, 15) is 0 Å². The third-order valence-corrected chi connectivity index (χ3v) is 7.06. The normalized spacial score (nSPS) is 20.0. The molecule has 1 atom stereocenters. The van der Waals surface area contributed by atoms with Crippen molar-refractivity contribution in [3.63, 3.8) is 0 Å². The largest absolute Gasteiger partial charge is 0.378 e. The molecule has 0 aliphatic carbocycles. The lowest BCUT2D eigenvalue weighted by Crippen LogP contribution is -2.31. The predicted octanol–water partition coefficient (Wildman–Crippen LogP) is 4.26. The first-order valence-corrected chi connectivity index (χ1v) is 12.4. The highest BCUT2D eigenvalue weighted by Crippen LogP contribution is 2.23. The second-order valence-corrected chi connectivity index (χ2v) is 9.63. The minimum absolute atomic E-state index is 0.280. The van der Waals surface area contributed by atoms with E-state index in [0.717, 1.165) is 55.0 Å². The summed E-state index contributed by atoms with van der Waals surface area (Å²) in [5.41, 5.74) is 3.70. The number of nitrogens with zero attached hydrogens (tertiary/aromatic N) is 4. The highest BCUT2D eigenvalue weighted by atomic mass is 32.2. The maximum absolute atomic E-state index is 5.92. The van der Waals surface area contributed by atoms with Crippen LogP contribution in [0.4, 0.5) is 5.69 Å². The number of thioether (sulfide) groups is 1. The van der Waals surface area contributed by atoms with Crippen LogP contribution in [-0.2, 0) is 17.8 Å². The van der Waals surface area contributed by atoms with E-state index in [4.69, 9.17) is 4.74 Å². The predicted molar refractivity (Wildman–Crippen MR) is 123 cm³/mol. The summed E-state index contributed by atoms with van der Waals surface area (Å²) in [4.78, 5) is 2.58. The lowest BCUT2D eigenvalue weighted by molar-refractivity contribution is 0.0942. The maximum atomic E-state index is 5.92. The average Bonchev–Trinajstić information content (AvgIpc) is 3.39. The van der Waals surface area contributed by atoms with Crippen LogP contribution in [0.5, 0.6) is 0 Å². The number of likely N-dealkylation sites (tertiary alicyclic amines) is 1. The monoisotopic (exact) mass is 429 g/mol. The summed E-state index contributed by atoms with van der Waals surface area (Å²) in [6, 6.07) is 6.51. The van der Waals surface area contributed by atoms with Crippen molar-refractivity contribution in [3.05, 3.63) is 35.2 Å². The molecule has 0 bridgehead atoms. The van der Waals surface area contributed by atoms with E-state index in [1.165, 1.54) is 43.5 Å². The topological polar surface area (TPSA) is 55.2 Å². The van der Waals surface area contributed by atoms with E-state index in [2.05, 4.69) is 57.0 Å². The van der Waals surface area contributed by atoms with Crippen molar-refractivity contribution in [1.82, 2.24) is 19.7 Å². The number of rotatable bonds is 9. The van der Waals surface area contributed by atoms with Crippen LogP contribution in [-0.4, -0.2) is 57.8 Å². The van der Waals surface area contributed by atoms with Gasteiger partial charge in [0.2, 0.25) is 0 Å². The molecule has 0 spiro atoms. The van der Waals surface area contributed by atoms with Crippen LogP contribution in [0.1, 0.15) is 49.1 Å². The number of hydrogen-bond acceptors (Lipinski definition) is 6. The molecule has 30 heavy (non-hydrogen) atoms. The summed E-state index contributed by atoms with van der Waals surface area (Å²) >= 11 is 1.84. The van der Waals surface area contributed by atoms with E-state index in [-0.39, 0.29) is 6.10 Å². The Kier molecular flexibility index (Phi) is 7.68. The Morgan fingerprint density at radius 3 is 2.77 bits per heavy atom. The highest BCUT2D eigenvalue weighted by Gasteiger charge is 2.21. The summed E-state index contributed by atoms with van der Waals surface area (Å²) in [6.45, 7) is 10.3. The lowest BCUT2D eigenvalue weighted by Gasteiger charge is -2.26. The fourth-order valence-corrected chi connectivity index (χ4v) is 5.33. The second kappa shape index (κ2) is 10.6. The fourth-order valence-electron chi connectivity index (χ4n) is 4.37. The van der Waals surface area contributed by atoms with Crippen LogP contribution < -0.4 is 5.32 Å². The van der Waals surface area contributed by atoms with Crippen LogP contribution in [0.25, 0.3) is 0 Å². The molecule has 4 rings (SSSR count). The molecule has 6 nitrogen and oxygen atoms in total. The molecule has 2 saturated heterocycles. The van der Waals surface area contributed by atoms with Gasteiger partial charge >= 0.3 is 0 Å². The Hall–Kier alpha value is -1.57. The molecule has 0 radical (unpaired) electrons. The number of benzene rings is 1. The fraction of sp³-hybridized carbons (Fsp3) is 0.652. The molecule has 0 amide bonds. The number of anilines is 1. The van der Waals surface area contributed by atoms with Crippen molar-refractivity contribution in [2.24, 2.45) is 0 Å². The van der Waals surface area contributed by atoms with Crippen molar-refractivity contribution in [1.29, 1.82) is 0 Å². The smallest absolute Gasteiger partial charge is 0.191 e. The molecule has 1 unspecified atom stereocenters. The van der Waals surface area contributed by atoms with Gasteiger partial charge in [0.05, 0.1) is 19.2 Å². The molecule has 2 aliphatic rings. The minimum Gasteiger partial charge on any atom is -0.378 e. The molecule has 164 valence electrons. The maximum Gasteiger partial charge on any atom is 0.191 e. The zero-order valence-corrected chi connectivity index (χ0v) is 19.2. The average molecular weight is 430 g/mol. The van der Waals surface area contributed by atoms with Gasteiger partial charge in [0, 0.05) is 24.6 Å². The van der Waals surface area contributed by atoms with Crippen LogP contribution in [0.2, 0.25) is 0 Å². The molecule has 1 N–H and O–H groups in total. The first kappa shape index (κ1) is 21.7. The Labute approximate surface area is 184 Å². The van der Waals surface area contributed by atoms with Crippen molar-refractivity contribution < 1.29 is 4.74 Å². The summed E-state index contributed by atoms with van der Waals surface area (Å²) in [7, 11) is 0. The third kappa shape index (κ3) is 5.77. The van der Waals surface area contributed by atoms with Crippen molar-refractivity contribution in [2.45, 2.75) is 70.3 Å². The van der Waals surface area contributed by atoms with Gasteiger partial charge in [-0.25, -0.2) is 0 Å². The van der Waals surface area contributed by atoms with Gasteiger partial charge in [-0.3, -0.25) is 0 Å². The number of aryl methyl sites for hydroxylation is 2. The lowest BCUT2D eigenvalue weighted by atomic mass is 10.1. The Bertz CT molecular complexity index is 812. The SMILES string of the molecule is Cc1ccc(NCc2nnc(SCCN3CCCCC3)n2CC2CCCO2)c(C)c1. The van der Waals surface area contributed by atoms with Crippen molar-refractivity contribution in [3.8, 4) is 0 Å². The molecular weight excluding hydrogens is 394 g/mol. The van der Waals surface area contributed by atoms with Gasteiger partial charge in [-0.1, -0.05) is 35.9 Å². The number of piperidine rings is 1. The van der Waals surface area contributed by atoms with Crippen LogP contribution >= 0.6 is 11.8 Å². The standard InChI is InChI=1S/C23H35N5OS/c1-18-8-9-21(19(2)15-18)24-16-22-25-26-23(28(22)17-20-7-6-13-29-20)30-14-12-27-10-4-3-5-11-27/h8-9,15,20,24H,3-7,10-14,16-17H2,1-2H3. The minimum atomic E-state index is 0.280. The molecular formula is C23H35N5OS. The van der Waals surface area contributed by atoms with E-state index < -0.39 is 0 Å². The number of hydrogen-bond donors (Lipinski definition) is 1. The van der Waals surface area contributed by atoms with Crippen LogP contribution in [0.3, 0.4) is 0 Å². The second-order valence-electron chi connectivity index (χ2n) is 8.57. The van der Waals surface area contributed by atoms with Gasteiger partial charge in [0.25, 0.3) is 0 Å². The van der Waals surface area contributed by atoms with E-state index in [1.807, 2.05) is 11.8 Å². The summed E-state index contributed by atoms with van der Waals surface area (Å²) < 4.78 is 8.20. The summed E-state index contributed by atoms with van der Waals surface area (Å²) in [5, 5.41) is 13.7.